The van der Waals surface area contributed by atoms with Crippen molar-refractivity contribution in [2.45, 2.75) is 13.8 Å². The predicted molar refractivity (Wildman–Crippen MR) is 133 cm³/mol. The van der Waals surface area contributed by atoms with Gasteiger partial charge in [0, 0.05) is 27.6 Å². The first kappa shape index (κ1) is 20.5. The molecule has 0 aliphatic carbocycles. The van der Waals surface area contributed by atoms with Gasteiger partial charge in [-0.1, -0.05) is 62.4 Å². The van der Waals surface area contributed by atoms with Crippen LogP contribution in [0.3, 0.4) is 0 Å². The molecule has 0 saturated carbocycles. The molecule has 0 atom stereocenters. The molecule has 0 radical (unpaired) electrons. The fourth-order valence-corrected chi connectivity index (χ4v) is 4.07. The van der Waals surface area contributed by atoms with E-state index in [9.17, 15) is 5.11 Å². The lowest BCUT2D eigenvalue weighted by Crippen LogP contribution is -1.94. The van der Waals surface area contributed by atoms with Crippen molar-refractivity contribution < 1.29 is 9.52 Å². The van der Waals surface area contributed by atoms with Crippen LogP contribution in [0.15, 0.2) is 101 Å². The van der Waals surface area contributed by atoms with Gasteiger partial charge in [0.05, 0.1) is 11.0 Å². The van der Waals surface area contributed by atoms with Crippen molar-refractivity contribution in [1.29, 1.82) is 0 Å². The first-order chi connectivity index (χ1) is 16.3. The molecule has 5 nitrogen and oxygen atoms in total. The van der Waals surface area contributed by atoms with Crippen molar-refractivity contribution in [1.82, 2.24) is 14.8 Å². The average Bonchev–Trinajstić information content (AvgIpc) is 3.49. The summed E-state index contributed by atoms with van der Waals surface area (Å²) >= 11 is 0. The Balaban J connectivity index is 0.00000111. The van der Waals surface area contributed by atoms with E-state index in [0.29, 0.717) is 17.3 Å². The van der Waals surface area contributed by atoms with Crippen LogP contribution in [0.25, 0.3) is 50.4 Å². The molecule has 6 rings (SSSR count). The number of fused-ring (bicyclic) bond motifs is 3. The summed E-state index contributed by atoms with van der Waals surface area (Å²) in [6.45, 7) is 4.00. The van der Waals surface area contributed by atoms with Gasteiger partial charge in [0.15, 0.2) is 0 Å². The number of phenolic OH excluding ortho intramolecular Hbond substituents is 1. The zero-order valence-electron chi connectivity index (χ0n) is 18.4. The summed E-state index contributed by atoms with van der Waals surface area (Å²) < 4.78 is 8.17. The van der Waals surface area contributed by atoms with Crippen LogP contribution in [0.5, 0.6) is 5.75 Å². The van der Waals surface area contributed by atoms with E-state index in [1.54, 1.807) is 18.2 Å². The Kier molecular flexibility index (Phi) is 5.37. The summed E-state index contributed by atoms with van der Waals surface area (Å²) in [6.07, 6.45) is 0. The maximum Gasteiger partial charge on any atom is 0.248 e. The number of phenols is 1. The SMILES string of the molecule is CC.Oc1cccc(-c2nnc(-c3cccc(-n4c5ccccc5c5ccccc54)c3)o2)c1. The molecule has 33 heavy (non-hydrogen) atoms. The first-order valence-corrected chi connectivity index (χ1v) is 11.0. The van der Waals surface area contributed by atoms with E-state index < -0.39 is 0 Å². The minimum atomic E-state index is 0.158. The second-order valence-electron chi connectivity index (χ2n) is 7.38. The van der Waals surface area contributed by atoms with Crippen LogP contribution >= 0.6 is 0 Å². The van der Waals surface area contributed by atoms with Gasteiger partial charge in [0.25, 0.3) is 0 Å². The van der Waals surface area contributed by atoms with E-state index in [1.165, 1.54) is 10.8 Å². The normalized spacial score (nSPS) is 10.8. The first-order valence-electron chi connectivity index (χ1n) is 11.0. The molecule has 0 aliphatic heterocycles. The highest BCUT2D eigenvalue weighted by Crippen LogP contribution is 2.33. The Morgan fingerprint density at radius 3 is 1.79 bits per heavy atom. The molecular weight excluding hydrogens is 410 g/mol. The lowest BCUT2D eigenvalue weighted by molar-refractivity contribution is 0.475. The molecule has 0 spiro atoms. The number of aromatic nitrogens is 3. The number of benzene rings is 4. The number of hydrogen-bond acceptors (Lipinski definition) is 4. The quantitative estimate of drug-likeness (QED) is 0.320. The lowest BCUT2D eigenvalue weighted by Gasteiger charge is -2.08. The van der Waals surface area contributed by atoms with E-state index in [-0.39, 0.29) is 5.75 Å². The Morgan fingerprint density at radius 1 is 0.636 bits per heavy atom. The number of hydrogen-bond donors (Lipinski definition) is 1. The van der Waals surface area contributed by atoms with Crippen molar-refractivity contribution >= 4 is 21.8 Å². The Bertz CT molecular complexity index is 1510. The topological polar surface area (TPSA) is 64.1 Å². The van der Waals surface area contributed by atoms with Crippen LogP contribution in [0.4, 0.5) is 0 Å². The van der Waals surface area contributed by atoms with E-state index in [2.05, 4.69) is 75.4 Å². The fourth-order valence-electron chi connectivity index (χ4n) is 4.07. The van der Waals surface area contributed by atoms with Crippen LogP contribution in [0.1, 0.15) is 13.8 Å². The highest BCUT2D eigenvalue weighted by Gasteiger charge is 2.14. The van der Waals surface area contributed by atoms with Gasteiger partial charge in [-0.25, -0.2) is 0 Å². The molecule has 2 heterocycles. The molecule has 5 heteroatoms. The Labute approximate surface area is 191 Å². The van der Waals surface area contributed by atoms with Crippen molar-refractivity contribution in [3.05, 3.63) is 97.1 Å². The Morgan fingerprint density at radius 2 is 1.18 bits per heavy atom. The molecule has 0 unspecified atom stereocenters. The van der Waals surface area contributed by atoms with Gasteiger partial charge in [-0.15, -0.1) is 10.2 Å². The maximum atomic E-state index is 9.72. The molecule has 4 aromatic carbocycles. The summed E-state index contributed by atoms with van der Waals surface area (Å²) in [5.74, 6) is 0.958. The largest absolute Gasteiger partial charge is 0.508 e. The zero-order valence-corrected chi connectivity index (χ0v) is 18.4. The van der Waals surface area contributed by atoms with Gasteiger partial charge in [-0.3, -0.25) is 0 Å². The van der Waals surface area contributed by atoms with Gasteiger partial charge < -0.3 is 14.1 Å². The van der Waals surface area contributed by atoms with Crippen LogP contribution < -0.4 is 0 Å². The third-order valence-corrected chi connectivity index (χ3v) is 5.45. The highest BCUT2D eigenvalue weighted by molar-refractivity contribution is 6.09. The van der Waals surface area contributed by atoms with Crippen LogP contribution in [-0.2, 0) is 0 Å². The molecule has 0 aliphatic rings. The monoisotopic (exact) mass is 433 g/mol. The second kappa shape index (κ2) is 8.63. The summed E-state index contributed by atoms with van der Waals surface area (Å²) in [5.41, 5.74) is 4.82. The average molecular weight is 434 g/mol. The van der Waals surface area contributed by atoms with Gasteiger partial charge in [0.1, 0.15) is 5.75 Å². The van der Waals surface area contributed by atoms with Crippen molar-refractivity contribution in [3.8, 4) is 34.3 Å². The van der Waals surface area contributed by atoms with Crippen molar-refractivity contribution in [2.75, 3.05) is 0 Å². The second-order valence-corrected chi connectivity index (χ2v) is 7.38. The number of aromatic hydroxyl groups is 1. The highest BCUT2D eigenvalue weighted by atomic mass is 16.4. The minimum Gasteiger partial charge on any atom is -0.508 e. The fraction of sp³-hybridized carbons (Fsp3) is 0.0714. The number of nitrogens with zero attached hydrogens (tertiary/aromatic N) is 3. The summed E-state index contributed by atoms with van der Waals surface area (Å²) in [7, 11) is 0. The van der Waals surface area contributed by atoms with E-state index >= 15 is 0 Å². The van der Waals surface area contributed by atoms with Crippen LogP contribution in [-0.4, -0.2) is 19.9 Å². The number of para-hydroxylation sites is 2. The molecule has 1 N–H and O–H groups in total. The molecule has 0 saturated heterocycles. The molecule has 0 bridgehead atoms. The van der Waals surface area contributed by atoms with E-state index in [0.717, 1.165) is 22.3 Å². The van der Waals surface area contributed by atoms with Crippen molar-refractivity contribution in [3.63, 3.8) is 0 Å². The standard InChI is InChI=1S/C26H17N3O2.C2H6/c30-20-10-6-8-18(16-20)26-28-27-25(31-26)17-7-5-9-19(15-17)29-23-13-3-1-11-21(23)22-12-2-4-14-24(22)29;1-2/h1-16,30H;1-2H3. The smallest absolute Gasteiger partial charge is 0.248 e. The van der Waals surface area contributed by atoms with Crippen molar-refractivity contribution in [2.24, 2.45) is 0 Å². The minimum absolute atomic E-state index is 0.158. The number of rotatable bonds is 3. The third kappa shape index (κ3) is 3.64. The Hall–Kier alpha value is -4.38. The van der Waals surface area contributed by atoms with Crippen LogP contribution in [0, 0.1) is 0 Å². The van der Waals surface area contributed by atoms with E-state index in [1.807, 2.05) is 32.0 Å². The summed E-state index contributed by atoms with van der Waals surface area (Å²) in [6, 6.07) is 31.7. The molecule has 6 aromatic rings. The van der Waals surface area contributed by atoms with Gasteiger partial charge in [-0.05, 0) is 48.5 Å². The lowest BCUT2D eigenvalue weighted by atomic mass is 10.2. The molecule has 0 amide bonds. The molecule has 162 valence electrons. The van der Waals surface area contributed by atoms with E-state index in [4.69, 9.17) is 4.42 Å². The van der Waals surface area contributed by atoms with Gasteiger partial charge in [-0.2, -0.15) is 0 Å². The van der Waals surface area contributed by atoms with Gasteiger partial charge in [0.2, 0.25) is 11.8 Å². The summed E-state index contributed by atoms with van der Waals surface area (Å²) in [4.78, 5) is 0. The molecular formula is C28H23N3O2. The predicted octanol–water partition coefficient (Wildman–Crippen LogP) is 7.23. The molecule has 0 fully saturated rings. The van der Waals surface area contributed by atoms with Crippen LogP contribution in [0.2, 0.25) is 0 Å². The van der Waals surface area contributed by atoms with Gasteiger partial charge >= 0.3 is 0 Å². The maximum absolute atomic E-state index is 9.72. The third-order valence-electron chi connectivity index (χ3n) is 5.45. The zero-order chi connectivity index (χ0) is 22.8. The summed E-state index contributed by atoms with van der Waals surface area (Å²) in [5, 5.41) is 20.5. The molecule has 2 aromatic heterocycles.